The molecule has 0 bridgehead atoms. The third-order valence-corrected chi connectivity index (χ3v) is 1.33. The zero-order chi connectivity index (χ0) is 14.1. The molecule has 0 rings (SSSR count). The highest BCUT2D eigenvalue weighted by Gasteiger charge is 1.95. The van der Waals surface area contributed by atoms with E-state index in [0.717, 1.165) is 17.8 Å². The first-order chi connectivity index (χ1) is 7.20. The molecule has 0 aromatic rings. The Hall–Kier alpha value is 0. The molecule has 0 aliphatic carbocycles. The molecule has 0 aliphatic heterocycles. The van der Waals surface area contributed by atoms with Crippen molar-refractivity contribution in [2.24, 2.45) is 17.8 Å². The maximum absolute atomic E-state index is 2.24. The van der Waals surface area contributed by atoms with Gasteiger partial charge < -0.3 is 0 Å². The van der Waals surface area contributed by atoms with Crippen molar-refractivity contribution in [1.82, 2.24) is 0 Å². The van der Waals surface area contributed by atoms with Crippen LogP contribution in [0.25, 0.3) is 0 Å². The zero-order valence-electron chi connectivity index (χ0n) is 14.1. The van der Waals surface area contributed by atoms with Gasteiger partial charge in [-0.3, -0.25) is 0 Å². The van der Waals surface area contributed by atoms with Gasteiger partial charge in [-0.2, -0.15) is 0 Å². The van der Waals surface area contributed by atoms with E-state index in [1.54, 1.807) is 0 Å². The van der Waals surface area contributed by atoms with Crippen molar-refractivity contribution in [3.63, 3.8) is 0 Å². The van der Waals surface area contributed by atoms with Crippen molar-refractivity contribution in [3.05, 3.63) is 0 Å². The highest BCUT2D eigenvalue weighted by atomic mass is 14.0. The number of rotatable bonds is 1. The molecule has 0 atom stereocenters. The van der Waals surface area contributed by atoms with Crippen molar-refractivity contribution >= 4 is 0 Å². The van der Waals surface area contributed by atoms with Gasteiger partial charge in [0.15, 0.2) is 0 Å². The average Bonchev–Trinajstić information content (AvgIpc) is 2.05. The zero-order valence-corrected chi connectivity index (χ0v) is 14.1. The minimum atomic E-state index is 0.833. The summed E-state index contributed by atoms with van der Waals surface area (Å²) in [5, 5.41) is 0. The Morgan fingerprint density at radius 2 is 0.562 bits per heavy atom. The van der Waals surface area contributed by atoms with Gasteiger partial charge in [0.25, 0.3) is 0 Å². The first-order valence-electron chi connectivity index (χ1n) is 7.20. The van der Waals surface area contributed by atoms with Gasteiger partial charge in [0, 0.05) is 0 Å². The van der Waals surface area contributed by atoms with Gasteiger partial charge in [0.2, 0.25) is 0 Å². The quantitative estimate of drug-likeness (QED) is 0.467. The standard InChI is InChI=1S/C6H14.C4H10.2C3H8/c1-5(2)6(3)4;1-4(2)3;2*1-3-2/h5-6H,1-4H3;4H,1-3H3;2*3H2,1-2H3. The van der Waals surface area contributed by atoms with Gasteiger partial charge in [-0.05, 0) is 17.8 Å². The molecule has 16 heavy (non-hydrogen) atoms. The summed E-state index contributed by atoms with van der Waals surface area (Å²) < 4.78 is 0. The second-order valence-electron chi connectivity index (χ2n) is 5.63. The van der Waals surface area contributed by atoms with Crippen molar-refractivity contribution in [2.45, 2.75) is 89.0 Å². The highest BCUT2D eigenvalue weighted by Crippen LogP contribution is 2.05. The predicted octanol–water partition coefficient (Wildman–Crippen LogP) is 6.79. The van der Waals surface area contributed by atoms with Crippen molar-refractivity contribution < 1.29 is 0 Å². The molecule has 0 heterocycles. The van der Waals surface area contributed by atoms with Gasteiger partial charge in [-0.15, -0.1) is 0 Å². The van der Waals surface area contributed by atoms with Crippen molar-refractivity contribution in [2.75, 3.05) is 0 Å². The summed E-state index contributed by atoms with van der Waals surface area (Å²) in [6, 6.07) is 0. The summed E-state index contributed by atoms with van der Waals surface area (Å²) in [4.78, 5) is 0. The molecule has 0 heteroatoms. The van der Waals surface area contributed by atoms with Crippen LogP contribution < -0.4 is 0 Å². The molecule has 0 fully saturated rings. The summed E-state index contributed by atoms with van der Waals surface area (Å²) in [6.45, 7) is 24.0. The normalized spacial score (nSPS) is 8.62. The Bertz CT molecular complexity index is 59.4. The predicted molar refractivity (Wildman–Crippen MR) is 82.1 cm³/mol. The van der Waals surface area contributed by atoms with E-state index in [1.165, 1.54) is 12.8 Å². The van der Waals surface area contributed by atoms with Crippen LogP contribution in [0.2, 0.25) is 0 Å². The van der Waals surface area contributed by atoms with Gasteiger partial charge >= 0.3 is 0 Å². The summed E-state index contributed by atoms with van der Waals surface area (Å²) in [5.74, 6) is 2.54. The SMILES string of the molecule is CC(C)C.CC(C)C(C)C.CCC.CCC. The Labute approximate surface area is 107 Å². The molecule has 0 radical (unpaired) electrons. The Kier molecular flexibility index (Phi) is 38.0. The van der Waals surface area contributed by atoms with Gasteiger partial charge in [0.1, 0.15) is 0 Å². The third kappa shape index (κ3) is 148. The average molecular weight is 232 g/mol. The fraction of sp³-hybridized carbons (Fsp3) is 1.00. The highest BCUT2D eigenvalue weighted by molar-refractivity contribution is 4.46. The first-order valence-corrected chi connectivity index (χ1v) is 7.20. The first kappa shape index (κ1) is 25.0. The number of hydrogen-bond donors (Lipinski definition) is 0. The van der Waals surface area contributed by atoms with E-state index >= 15 is 0 Å². The fourth-order valence-corrected chi connectivity index (χ4v) is 0. The monoisotopic (exact) mass is 232 g/mol. The summed E-state index contributed by atoms with van der Waals surface area (Å²) in [6.07, 6.45) is 2.50. The largest absolute Gasteiger partial charge is 0.0656 e. The van der Waals surface area contributed by atoms with Crippen LogP contribution in [0.3, 0.4) is 0 Å². The smallest absolute Gasteiger partial charge is 0.0448 e. The van der Waals surface area contributed by atoms with Crippen molar-refractivity contribution in [1.29, 1.82) is 0 Å². The van der Waals surface area contributed by atoms with Gasteiger partial charge in [-0.25, -0.2) is 0 Å². The van der Waals surface area contributed by atoms with Crippen LogP contribution in [-0.4, -0.2) is 0 Å². The summed E-state index contributed by atoms with van der Waals surface area (Å²) in [7, 11) is 0. The Morgan fingerprint density at radius 3 is 0.562 bits per heavy atom. The van der Waals surface area contributed by atoms with Crippen LogP contribution in [0.4, 0.5) is 0 Å². The fourth-order valence-electron chi connectivity index (χ4n) is 0. The van der Waals surface area contributed by atoms with Gasteiger partial charge in [0.05, 0.1) is 0 Å². The summed E-state index contributed by atoms with van der Waals surface area (Å²) >= 11 is 0. The van der Waals surface area contributed by atoms with E-state index in [4.69, 9.17) is 0 Å². The lowest BCUT2D eigenvalue weighted by Crippen LogP contribution is -1.95. The molecule has 0 saturated carbocycles. The molecule has 0 spiro atoms. The molecule has 0 aliphatic rings. The maximum atomic E-state index is 2.24. The van der Waals surface area contributed by atoms with E-state index in [9.17, 15) is 0 Å². The van der Waals surface area contributed by atoms with Crippen LogP contribution in [0.1, 0.15) is 89.0 Å². The van der Waals surface area contributed by atoms with E-state index in [0.29, 0.717) is 0 Å². The summed E-state index contributed by atoms with van der Waals surface area (Å²) in [5.41, 5.74) is 0. The van der Waals surface area contributed by atoms with E-state index < -0.39 is 0 Å². The molecule has 0 N–H and O–H groups in total. The third-order valence-electron chi connectivity index (χ3n) is 1.33. The van der Waals surface area contributed by atoms with E-state index in [1.807, 2.05) is 0 Å². The lowest BCUT2D eigenvalue weighted by molar-refractivity contribution is 0.457. The van der Waals surface area contributed by atoms with E-state index in [2.05, 4.69) is 76.2 Å². The minimum Gasteiger partial charge on any atom is -0.0656 e. The van der Waals surface area contributed by atoms with Crippen molar-refractivity contribution in [3.8, 4) is 0 Å². The molecule has 0 amide bonds. The molecule has 0 aromatic carbocycles. The minimum absolute atomic E-state index is 0.833. The Morgan fingerprint density at radius 1 is 0.500 bits per heavy atom. The van der Waals surface area contributed by atoms with Crippen LogP contribution in [0.15, 0.2) is 0 Å². The van der Waals surface area contributed by atoms with Crippen LogP contribution in [0, 0.1) is 17.8 Å². The molecular weight excluding hydrogens is 192 g/mol. The van der Waals surface area contributed by atoms with Crippen LogP contribution in [-0.2, 0) is 0 Å². The Balaban J connectivity index is -0.0000000635. The molecule has 0 nitrogen and oxygen atoms in total. The molecule has 0 aromatic heterocycles. The molecular formula is C16H40. The lowest BCUT2D eigenvalue weighted by Gasteiger charge is -2.05. The number of hydrogen-bond acceptors (Lipinski definition) is 0. The van der Waals surface area contributed by atoms with Crippen LogP contribution in [0.5, 0.6) is 0 Å². The van der Waals surface area contributed by atoms with E-state index in [-0.39, 0.29) is 0 Å². The molecule has 104 valence electrons. The maximum Gasteiger partial charge on any atom is -0.0448 e. The molecule has 0 unspecified atom stereocenters. The van der Waals surface area contributed by atoms with Gasteiger partial charge in [-0.1, -0.05) is 89.0 Å². The van der Waals surface area contributed by atoms with Crippen LogP contribution >= 0.6 is 0 Å². The second-order valence-corrected chi connectivity index (χ2v) is 5.63. The molecule has 0 saturated heterocycles. The topological polar surface area (TPSA) is 0 Å². The second kappa shape index (κ2) is 24.3. The lowest BCUT2D eigenvalue weighted by atomic mass is 10.0.